The first kappa shape index (κ1) is 28.8. The fraction of sp³-hybridized carbons (Fsp3) is 0.400. The average molecular weight is 523 g/mol. The summed E-state index contributed by atoms with van der Waals surface area (Å²) in [5.41, 5.74) is 2.11. The molecule has 0 N–H and O–H groups in total. The Hall–Kier alpha value is -3.78. The van der Waals surface area contributed by atoms with Crippen molar-refractivity contribution in [3.05, 3.63) is 83.8 Å². The highest BCUT2D eigenvalue weighted by Crippen LogP contribution is 2.27. The van der Waals surface area contributed by atoms with Gasteiger partial charge in [-0.3, -0.25) is 9.59 Å². The van der Waals surface area contributed by atoms with Gasteiger partial charge in [0.25, 0.3) is 0 Å². The minimum Gasteiger partial charge on any atom is -0.493 e. The normalized spacial score (nSPS) is 10.7. The first-order valence-corrected chi connectivity index (χ1v) is 12.9. The van der Waals surface area contributed by atoms with Gasteiger partial charge in [0.2, 0.25) is 11.8 Å². The van der Waals surface area contributed by atoms with Crippen LogP contribution in [0.2, 0.25) is 0 Å². The van der Waals surface area contributed by atoms with Crippen LogP contribution in [0.15, 0.2) is 71.3 Å². The van der Waals surface area contributed by atoms with Gasteiger partial charge >= 0.3 is 0 Å². The Morgan fingerprint density at radius 2 is 1.58 bits per heavy atom. The Morgan fingerprint density at radius 1 is 0.789 bits per heavy atom. The molecule has 1 heterocycles. The third-order valence-corrected chi connectivity index (χ3v) is 6.32. The lowest BCUT2D eigenvalue weighted by atomic mass is 10.1. The van der Waals surface area contributed by atoms with E-state index < -0.39 is 0 Å². The van der Waals surface area contributed by atoms with Crippen LogP contribution >= 0.6 is 0 Å². The molecule has 2 aromatic carbocycles. The van der Waals surface area contributed by atoms with Crippen molar-refractivity contribution in [1.29, 1.82) is 0 Å². The number of nitrogens with zero attached hydrogens (tertiary/aromatic N) is 2. The van der Waals surface area contributed by atoms with Crippen molar-refractivity contribution in [2.75, 3.05) is 47.6 Å². The van der Waals surface area contributed by atoms with Crippen LogP contribution in [0.1, 0.15) is 29.7 Å². The first-order valence-electron chi connectivity index (χ1n) is 12.9. The molecule has 0 aliphatic heterocycles. The molecule has 0 atom stereocenters. The van der Waals surface area contributed by atoms with Gasteiger partial charge in [0.1, 0.15) is 5.76 Å². The maximum atomic E-state index is 13.6. The molecule has 0 unspecified atom stereocenters. The molecule has 3 rings (SSSR count). The largest absolute Gasteiger partial charge is 0.493 e. The highest BCUT2D eigenvalue weighted by Gasteiger charge is 2.22. The number of rotatable bonds is 16. The molecule has 0 bridgehead atoms. The Labute approximate surface area is 225 Å². The average Bonchev–Trinajstić information content (AvgIpc) is 3.47. The molecule has 0 aliphatic rings. The molecule has 3 aromatic rings. The van der Waals surface area contributed by atoms with Crippen LogP contribution in [0.25, 0.3) is 0 Å². The minimum absolute atomic E-state index is 0.00395. The summed E-state index contributed by atoms with van der Waals surface area (Å²) < 4.78 is 21.5. The molecule has 204 valence electrons. The van der Waals surface area contributed by atoms with Gasteiger partial charge in [-0.15, -0.1) is 0 Å². The Balaban J connectivity index is 1.69. The Bertz CT molecular complexity index is 1120. The summed E-state index contributed by atoms with van der Waals surface area (Å²) in [6.45, 7) is 1.76. The molecule has 8 heteroatoms. The molecular weight excluding hydrogens is 484 g/mol. The van der Waals surface area contributed by atoms with Gasteiger partial charge in [0.05, 0.1) is 33.6 Å². The van der Waals surface area contributed by atoms with E-state index >= 15 is 0 Å². The lowest BCUT2D eigenvalue weighted by Crippen LogP contribution is -2.44. The van der Waals surface area contributed by atoms with Crippen molar-refractivity contribution in [3.63, 3.8) is 0 Å². The summed E-state index contributed by atoms with van der Waals surface area (Å²) in [6, 6.07) is 19.3. The summed E-state index contributed by atoms with van der Waals surface area (Å²) >= 11 is 0. The second-order valence-electron chi connectivity index (χ2n) is 8.98. The van der Waals surface area contributed by atoms with Gasteiger partial charge < -0.3 is 28.4 Å². The van der Waals surface area contributed by atoms with Crippen molar-refractivity contribution in [2.45, 2.75) is 32.2 Å². The van der Waals surface area contributed by atoms with Crippen molar-refractivity contribution in [2.24, 2.45) is 0 Å². The van der Waals surface area contributed by atoms with Gasteiger partial charge in [-0.2, -0.15) is 0 Å². The van der Waals surface area contributed by atoms with Crippen molar-refractivity contribution in [3.8, 4) is 11.5 Å². The maximum Gasteiger partial charge on any atom is 0.242 e. The number of amides is 2. The van der Waals surface area contributed by atoms with Crippen LogP contribution in [0, 0.1) is 0 Å². The third kappa shape index (κ3) is 8.95. The van der Waals surface area contributed by atoms with Gasteiger partial charge in [0, 0.05) is 33.2 Å². The predicted octanol–water partition coefficient (Wildman–Crippen LogP) is 4.37. The van der Waals surface area contributed by atoms with E-state index in [1.807, 2.05) is 54.6 Å². The highest BCUT2D eigenvalue weighted by molar-refractivity contribution is 5.85. The van der Waals surface area contributed by atoms with E-state index in [0.29, 0.717) is 69.2 Å². The zero-order valence-electron chi connectivity index (χ0n) is 22.6. The molecular formula is C30H38N2O6. The molecule has 2 amide bonds. The molecule has 0 saturated heterocycles. The highest BCUT2D eigenvalue weighted by atomic mass is 16.5. The fourth-order valence-electron chi connectivity index (χ4n) is 4.19. The van der Waals surface area contributed by atoms with Gasteiger partial charge in [-0.25, -0.2) is 0 Å². The number of carbonyl (C=O) groups is 2. The molecule has 0 fully saturated rings. The summed E-state index contributed by atoms with van der Waals surface area (Å²) in [5, 5.41) is 0. The number of furan rings is 1. The quantitative estimate of drug-likeness (QED) is 0.260. The number of hydrogen-bond acceptors (Lipinski definition) is 6. The lowest BCUT2D eigenvalue weighted by molar-refractivity contribution is -0.141. The van der Waals surface area contributed by atoms with Crippen molar-refractivity contribution >= 4 is 11.8 Å². The van der Waals surface area contributed by atoms with Crippen LogP contribution in [-0.4, -0.2) is 69.2 Å². The van der Waals surface area contributed by atoms with Gasteiger partial charge in [0.15, 0.2) is 11.5 Å². The summed E-state index contributed by atoms with van der Waals surface area (Å²) in [4.78, 5) is 30.1. The smallest absolute Gasteiger partial charge is 0.242 e. The van der Waals surface area contributed by atoms with E-state index in [9.17, 15) is 9.59 Å². The summed E-state index contributed by atoms with van der Waals surface area (Å²) in [7, 11) is 4.83. The Morgan fingerprint density at radius 3 is 2.26 bits per heavy atom. The van der Waals surface area contributed by atoms with E-state index in [4.69, 9.17) is 18.6 Å². The second kappa shape index (κ2) is 15.5. The standard InChI is InChI=1S/C30H38N2O6/c1-35-19-8-17-31(29(33)15-13-24-9-5-4-6-10-24)23-30(34)32(22-26-11-7-20-38-26)18-16-25-12-14-27(36-2)28(21-25)37-3/h4-7,9-12,14,20-21H,8,13,15-19,22-23H2,1-3H3. The molecule has 0 aliphatic carbocycles. The second-order valence-corrected chi connectivity index (χ2v) is 8.98. The van der Waals surface area contributed by atoms with Crippen molar-refractivity contribution < 1.29 is 28.2 Å². The Kier molecular flexibility index (Phi) is 11.7. The van der Waals surface area contributed by atoms with Crippen LogP contribution in [0.4, 0.5) is 0 Å². The number of carbonyl (C=O) groups excluding carboxylic acids is 2. The van der Waals surface area contributed by atoms with E-state index in [2.05, 4.69) is 0 Å². The predicted molar refractivity (Wildman–Crippen MR) is 145 cm³/mol. The zero-order chi connectivity index (χ0) is 27.2. The first-order chi connectivity index (χ1) is 18.5. The topological polar surface area (TPSA) is 81.5 Å². The molecule has 0 radical (unpaired) electrons. The number of aryl methyl sites for hydroxylation is 1. The molecule has 8 nitrogen and oxygen atoms in total. The monoisotopic (exact) mass is 522 g/mol. The fourth-order valence-corrected chi connectivity index (χ4v) is 4.19. The molecule has 0 saturated carbocycles. The van der Waals surface area contributed by atoms with E-state index in [1.54, 1.807) is 43.5 Å². The number of ether oxygens (including phenoxy) is 3. The van der Waals surface area contributed by atoms with Crippen LogP contribution in [-0.2, 0) is 33.7 Å². The summed E-state index contributed by atoms with van der Waals surface area (Å²) in [5.74, 6) is 1.80. The number of benzene rings is 2. The zero-order valence-corrected chi connectivity index (χ0v) is 22.6. The summed E-state index contributed by atoms with van der Waals surface area (Å²) in [6.07, 6.45) is 3.83. The van der Waals surface area contributed by atoms with Crippen molar-refractivity contribution in [1.82, 2.24) is 9.80 Å². The van der Waals surface area contributed by atoms with Gasteiger partial charge in [-0.05, 0) is 54.7 Å². The third-order valence-electron chi connectivity index (χ3n) is 6.32. The van der Waals surface area contributed by atoms with E-state index in [-0.39, 0.29) is 18.4 Å². The van der Waals surface area contributed by atoms with E-state index in [1.165, 1.54) is 0 Å². The van der Waals surface area contributed by atoms with E-state index in [0.717, 1.165) is 11.1 Å². The van der Waals surface area contributed by atoms with Crippen LogP contribution in [0.3, 0.4) is 0 Å². The molecule has 38 heavy (non-hydrogen) atoms. The lowest BCUT2D eigenvalue weighted by Gasteiger charge is -2.27. The van der Waals surface area contributed by atoms with Gasteiger partial charge in [-0.1, -0.05) is 36.4 Å². The van der Waals surface area contributed by atoms with Crippen LogP contribution in [0.5, 0.6) is 11.5 Å². The maximum absolute atomic E-state index is 13.6. The minimum atomic E-state index is -0.132. The molecule has 1 aromatic heterocycles. The van der Waals surface area contributed by atoms with Crippen LogP contribution < -0.4 is 9.47 Å². The number of hydrogen-bond donors (Lipinski definition) is 0. The SMILES string of the molecule is COCCCN(CC(=O)N(CCc1ccc(OC)c(OC)c1)Cc1ccco1)C(=O)CCc1ccccc1. The number of methoxy groups -OCH3 is 3. The molecule has 0 spiro atoms.